The lowest BCUT2D eigenvalue weighted by Gasteiger charge is -2.13. The molecule has 1 aromatic rings. The number of hydrogen-bond donors (Lipinski definition) is 3. The maximum absolute atomic E-state index is 11.4. The van der Waals surface area contributed by atoms with E-state index >= 15 is 0 Å². The number of aliphatic hydroxyl groups is 2. The lowest BCUT2D eigenvalue weighted by molar-refractivity contribution is -0.124. The van der Waals surface area contributed by atoms with Gasteiger partial charge in [0.2, 0.25) is 0 Å². The third-order valence-electron chi connectivity index (χ3n) is 2.96. The number of nitrogen functional groups attached to an aromatic ring is 1. The van der Waals surface area contributed by atoms with E-state index in [1.165, 1.54) is 5.57 Å². The molecule has 4 nitrogen and oxygen atoms in total. The molecule has 2 rings (SSSR count). The van der Waals surface area contributed by atoms with Crippen LogP contribution in [0.1, 0.15) is 23.5 Å². The van der Waals surface area contributed by atoms with E-state index in [2.05, 4.69) is 6.08 Å². The number of anilines is 1. The van der Waals surface area contributed by atoms with Crippen LogP contribution in [0.5, 0.6) is 0 Å². The summed E-state index contributed by atoms with van der Waals surface area (Å²) < 4.78 is 0. The number of aliphatic hydroxyl groups excluding tert-OH is 2. The number of ketones is 1. The summed E-state index contributed by atoms with van der Waals surface area (Å²) in [5.74, 6) is -1.09. The minimum atomic E-state index is -0.690. The van der Waals surface area contributed by atoms with Gasteiger partial charge in [0.25, 0.3) is 0 Å². The fraction of sp³-hybridized carbons (Fsp3) is 0.308. The van der Waals surface area contributed by atoms with Crippen molar-refractivity contribution in [3.05, 3.63) is 35.4 Å². The highest BCUT2D eigenvalue weighted by Crippen LogP contribution is 2.35. The average molecular weight is 233 g/mol. The average Bonchev–Trinajstić information content (AvgIpc) is 3.14. The molecule has 0 bridgehead atoms. The van der Waals surface area contributed by atoms with E-state index in [1.807, 2.05) is 6.07 Å². The van der Waals surface area contributed by atoms with E-state index < -0.39 is 18.3 Å². The van der Waals surface area contributed by atoms with Crippen molar-refractivity contribution in [3.63, 3.8) is 0 Å². The van der Waals surface area contributed by atoms with E-state index in [-0.39, 0.29) is 6.61 Å². The van der Waals surface area contributed by atoms with Crippen LogP contribution in [0.15, 0.2) is 24.3 Å². The van der Waals surface area contributed by atoms with Crippen molar-refractivity contribution < 1.29 is 15.0 Å². The van der Waals surface area contributed by atoms with Crippen molar-refractivity contribution in [2.45, 2.75) is 12.3 Å². The fourth-order valence-corrected chi connectivity index (χ4v) is 1.86. The zero-order chi connectivity index (χ0) is 12.4. The van der Waals surface area contributed by atoms with Gasteiger partial charge in [-0.1, -0.05) is 18.2 Å². The highest BCUT2D eigenvalue weighted by molar-refractivity contribution is 5.88. The Morgan fingerprint density at radius 2 is 2.12 bits per heavy atom. The van der Waals surface area contributed by atoms with Crippen molar-refractivity contribution >= 4 is 17.0 Å². The normalized spacial score (nSPS) is 15.3. The predicted molar refractivity (Wildman–Crippen MR) is 65.4 cm³/mol. The monoisotopic (exact) mass is 233 g/mol. The van der Waals surface area contributed by atoms with Crippen LogP contribution in [0.2, 0.25) is 0 Å². The Bertz CT molecular complexity index is 480. The molecule has 0 radical (unpaired) electrons. The summed E-state index contributed by atoms with van der Waals surface area (Å²) in [6, 6.07) is 5.33. The molecule has 4 N–H and O–H groups in total. The number of hydrogen-bond acceptors (Lipinski definition) is 4. The van der Waals surface area contributed by atoms with Gasteiger partial charge in [0.05, 0.1) is 12.5 Å². The molecule has 0 saturated carbocycles. The highest BCUT2D eigenvalue weighted by atomic mass is 16.3. The van der Waals surface area contributed by atoms with Gasteiger partial charge in [-0.3, -0.25) is 4.79 Å². The van der Waals surface area contributed by atoms with Crippen molar-refractivity contribution in [1.29, 1.82) is 0 Å². The van der Waals surface area contributed by atoms with Gasteiger partial charge in [0, 0.05) is 11.3 Å². The van der Waals surface area contributed by atoms with E-state index in [9.17, 15) is 9.90 Å². The van der Waals surface area contributed by atoms with Crippen LogP contribution in [0.4, 0.5) is 5.69 Å². The van der Waals surface area contributed by atoms with Gasteiger partial charge in [-0.15, -0.1) is 0 Å². The molecule has 4 heteroatoms. The van der Waals surface area contributed by atoms with Crippen LogP contribution in [0.25, 0.3) is 5.57 Å². The van der Waals surface area contributed by atoms with Crippen molar-refractivity contribution in [3.8, 4) is 0 Å². The molecule has 0 aromatic heterocycles. The summed E-state index contributed by atoms with van der Waals surface area (Å²) in [5.41, 5.74) is 9.35. The molecule has 0 fully saturated rings. The second kappa shape index (κ2) is 4.69. The van der Waals surface area contributed by atoms with Crippen LogP contribution in [0.3, 0.4) is 0 Å². The number of Topliss-reactive ketones (excluding diaryl/α,β-unsaturated/α-hetero) is 1. The van der Waals surface area contributed by atoms with Crippen LogP contribution < -0.4 is 5.73 Å². The molecular weight excluding hydrogens is 218 g/mol. The zero-order valence-electron chi connectivity index (χ0n) is 9.39. The summed E-state index contributed by atoms with van der Waals surface area (Å²) in [7, 11) is 0. The maximum Gasteiger partial charge on any atom is 0.167 e. The van der Waals surface area contributed by atoms with Gasteiger partial charge in [-0.2, -0.15) is 0 Å². The van der Waals surface area contributed by atoms with Gasteiger partial charge in [0.1, 0.15) is 6.61 Å². The second-order valence-electron chi connectivity index (χ2n) is 4.14. The van der Waals surface area contributed by atoms with Gasteiger partial charge in [0.15, 0.2) is 5.78 Å². The first-order valence-corrected chi connectivity index (χ1v) is 5.50. The van der Waals surface area contributed by atoms with Crippen LogP contribution in [0, 0.1) is 0 Å². The second-order valence-corrected chi connectivity index (χ2v) is 4.14. The molecule has 90 valence electrons. The Morgan fingerprint density at radius 1 is 1.41 bits per heavy atom. The molecule has 1 aromatic carbocycles. The Kier molecular flexibility index (Phi) is 3.26. The standard InChI is InChI=1S/C13H15NO3/c14-12-5-9(11(6-15)13(17)7-16)3-4-10(12)8-1-2-8/h1,3-5,11,15-16H,2,6-7,14H2/t11-/m0/s1. The van der Waals surface area contributed by atoms with E-state index in [1.54, 1.807) is 12.1 Å². The third-order valence-corrected chi connectivity index (χ3v) is 2.96. The molecule has 0 unspecified atom stereocenters. The van der Waals surface area contributed by atoms with Crippen LogP contribution >= 0.6 is 0 Å². The molecule has 0 aliphatic heterocycles. The Hall–Kier alpha value is -1.65. The molecule has 0 spiro atoms. The first-order valence-electron chi connectivity index (χ1n) is 5.50. The molecular formula is C13H15NO3. The lowest BCUT2D eigenvalue weighted by atomic mass is 9.93. The van der Waals surface area contributed by atoms with E-state index in [0.717, 1.165) is 12.0 Å². The molecule has 0 amide bonds. The van der Waals surface area contributed by atoms with Gasteiger partial charge in [-0.05, 0) is 23.6 Å². The molecule has 0 heterocycles. The summed E-state index contributed by atoms with van der Waals surface area (Å²) in [5, 5.41) is 18.0. The largest absolute Gasteiger partial charge is 0.398 e. The lowest BCUT2D eigenvalue weighted by Crippen LogP contribution is -2.19. The fourth-order valence-electron chi connectivity index (χ4n) is 1.86. The zero-order valence-corrected chi connectivity index (χ0v) is 9.39. The Morgan fingerprint density at radius 3 is 2.59 bits per heavy atom. The topological polar surface area (TPSA) is 83.5 Å². The molecule has 1 aliphatic rings. The maximum atomic E-state index is 11.4. The minimum Gasteiger partial charge on any atom is -0.398 e. The number of rotatable bonds is 5. The SMILES string of the molecule is Nc1cc([C@H](CO)C(=O)CO)ccc1C1=CC1. The van der Waals surface area contributed by atoms with Crippen molar-refractivity contribution in [2.24, 2.45) is 0 Å². The van der Waals surface area contributed by atoms with Gasteiger partial charge >= 0.3 is 0 Å². The van der Waals surface area contributed by atoms with Gasteiger partial charge < -0.3 is 15.9 Å². The number of carbonyl (C=O) groups is 1. The predicted octanol–water partition coefficient (Wildman–Crippen LogP) is 0.693. The number of nitrogens with two attached hydrogens (primary N) is 1. The summed E-state index contributed by atoms with van der Waals surface area (Å²) in [4.78, 5) is 11.4. The van der Waals surface area contributed by atoms with Crippen LogP contribution in [-0.2, 0) is 4.79 Å². The number of benzene rings is 1. The summed E-state index contributed by atoms with van der Waals surface area (Å²) in [6.45, 7) is -0.890. The Balaban J connectivity index is 2.29. The first-order chi connectivity index (χ1) is 8.17. The van der Waals surface area contributed by atoms with Crippen molar-refractivity contribution in [1.82, 2.24) is 0 Å². The number of carbonyl (C=O) groups excluding carboxylic acids is 1. The minimum absolute atomic E-state index is 0.319. The summed E-state index contributed by atoms with van der Waals surface area (Å²) >= 11 is 0. The smallest absolute Gasteiger partial charge is 0.167 e. The number of allylic oxidation sites excluding steroid dienone is 2. The highest BCUT2D eigenvalue weighted by Gasteiger charge is 2.21. The van der Waals surface area contributed by atoms with Gasteiger partial charge in [-0.25, -0.2) is 0 Å². The molecule has 17 heavy (non-hydrogen) atoms. The molecule has 1 aliphatic carbocycles. The van der Waals surface area contributed by atoms with Crippen molar-refractivity contribution in [2.75, 3.05) is 18.9 Å². The quantitative estimate of drug-likeness (QED) is 0.653. The third kappa shape index (κ3) is 2.38. The van der Waals surface area contributed by atoms with E-state index in [0.29, 0.717) is 11.3 Å². The molecule has 0 saturated heterocycles. The van der Waals surface area contributed by atoms with Crippen LogP contribution in [-0.4, -0.2) is 29.2 Å². The van der Waals surface area contributed by atoms with E-state index in [4.69, 9.17) is 10.8 Å². The first kappa shape index (κ1) is 11.8. The summed E-state index contributed by atoms with van der Waals surface area (Å²) in [6.07, 6.45) is 3.04. The molecule has 1 atom stereocenters. The Labute approximate surface area is 99.4 Å².